The van der Waals surface area contributed by atoms with Crippen LogP contribution in [0.15, 0.2) is 58.8 Å². The van der Waals surface area contributed by atoms with Gasteiger partial charge in [0, 0.05) is 6.54 Å². The number of nitrogens with two attached hydrogens (primary N) is 1. The number of hydrogen-bond acceptors (Lipinski definition) is 4. The summed E-state index contributed by atoms with van der Waals surface area (Å²) in [6.45, 7) is 0.442. The molecule has 0 radical (unpaired) electrons. The summed E-state index contributed by atoms with van der Waals surface area (Å²) in [5, 5.41) is 17.0. The van der Waals surface area contributed by atoms with Crippen LogP contribution in [0.25, 0.3) is 0 Å². The van der Waals surface area contributed by atoms with Crippen LogP contribution >= 0.6 is 0 Å². The summed E-state index contributed by atoms with van der Waals surface area (Å²) in [5.41, 5.74) is 7.88. The molecule has 0 fully saturated rings. The smallest absolute Gasteiger partial charge is 0.335 e. The second kappa shape index (κ2) is 5.88. The molecule has 0 saturated heterocycles. The number of aromatic carboxylic acids is 1. The number of hydrogen-bond donors (Lipinski definition) is 2. The molecule has 2 aromatic rings. The lowest BCUT2D eigenvalue weighted by Gasteiger charge is -1.98. The van der Waals surface area contributed by atoms with Crippen molar-refractivity contribution in [1.29, 1.82) is 0 Å². The average Bonchev–Trinajstić information content (AvgIpc) is 2.45. The Morgan fingerprint density at radius 1 is 1.05 bits per heavy atom. The van der Waals surface area contributed by atoms with E-state index in [-0.39, 0.29) is 5.56 Å². The van der Waals surface area contributed by atoms with Crippen molar-refractivity contribution in [3.05, 3.63) is 59.7 Å². The van der Waals surface area contributed by atoms with E-state index in [0.29, 0.717) is 17.9 Å². The topological polar surface area (TPSA) is 88.0 Å². The zero-order valence-electron chi connectivity index (χ0n) is 10.2. The van der Waals surface area contributed by atoms with E-state index >= 15 is 0 Å². The number of carboxylic acid groups (broad SMARTS) is 1. The summed E-state index contributed by atoms with van der Waals surface area (Å²) < 4.78 is 0. The Labute approximate surface area is 110 Å². The van der Waals surface area contributed by atoms with E-state index in [1.807, 2.05) is 24.3 Å². The van der Waals surface area contributed by atoms with Gasteiger partial charge in [0.15, 0.2) is 0 Å². The molecule has 0 aromatic heterocycles. The highest BCUT2D eigenvalue weighted by Crippen LogP contribution is 2.20. The fourth-order valence-electron chi connectivity index (χ4n) is 1.56. The van der Waals surface area contributed by atoms with Crippen molar-refractivity contribution in [2.75, 3.05) is 0 Å². The van der Waals surface area contributed by atoms with Gasteiger partial charge in [0.2, 0.25) is 0 Å². The number of azo groups is 1. The molecule has 0 heterocycles. The maximum absolute atomic E-state index is 10.8. The Bertz CT molecular complexity index is 624. The molecule has 96 valence electrons. The lowest BCUT2D eigenvalue weighted by molar-refractivity contribution is 0.0697. The molecule has 0 aliphatic rings. The first-order valence-corrected chi connectivity index (χ1v) is 5.73. The zero-order valence-corrected chi connectivity index (χ0v) is 10.2. The van der Waals surface area contributed by atoms with Crippen molar-refractivity contribution in [1.82, 2.24) is 0 Å². The van der Waals surface area contributed by atoms with Gasteiger partial charge >= 0.3 is 5.97 Å². The van der Waals surface area contributed by atoms with Gasteiger partial charge in [0.1, 0.15) is 0 Å². The lowest BCUT2D eigenvalue weighted by Crippen LogP contribution is -1.94. The van der Waals surface area contributed by atoms with Crippen LogP contribution in [0.1, 0.15) is 15.9 Å². The SMILES string of the molecule is NCc1cccc(N=Nc2cccc(C(=O)O)c2)c1. The first kappa shape index (κ1) is 12.9. The Balaban J connectivity index is 2.22. The summed E-state index contributed by atoms with van der Waals surface area (Å²) in [6, 6.07) is 13.7. The molecule has 2 rings (SSSR count). The highest BCUT2D eigenvalue weighted by Gasteiger charge is 2.02. The zero-order chi connectivity index (χ0) is 13.7. The van der Waals surface area contributed by atoms with E-state index < -0.39 is 5.97 Å². The predicted octanol–water partition coefficient (Wildman–Crippen LogP) is 3.26. The molecule has 0 bridgehead atoms. The number of rotatable bonds is 4. The highest BCUT2D eigenvalue weighted by atomic mass is 16.4. The maximum Gasteiger partial charge on any atom is 0.335 e. The first-order chi connectivity index (χ1) is 9.19. The number of carboxylic acids is 1. The van der Waals surface area contributed by atoms with Crippen molar-refractivity contribution in [3.63, 3.8) is 0 Å². The number of nitrogens with zero attached hydrogens (tertiary/aromatic N) is 2. The van der Waals surface area contributed by atoms with E-state index in [9.17, 15) is 4.79 Å². The maximum atomic E-state index is 10.8. The van der Waals surface area contributed by atoms with E-state index in [1.54, 1.807) is 12.1 Å². The van der Waals surface area contributed by atoms with Crippen LogP contribution in [0.2, 0.25) is 0 Å². The van der Waals surface area contributed by atoms with Crippen molar-refractivity contribution in [2.45, 2.75) is 6.54 Å². The third-order valence-electron chi connectivity index (χ3n) is 2.52. The molecular weight excluding hydrogens is 242 g/mol. The van der Waals surface area contributed by atoms with Crippen molar-refractivity contribution >= 4 is 17.3 Å². The second-order valence-electron chi connectivity index (χ2n) is 3.93. The predicted molar refractivity (Wildman–Crippen MR) is 71.9 cm³/mol. The normalized spacial score (nSPS) is 10.8. The molecular formula is C14H13N3O2. The summed E-state index contributed by atoms with van der Waals surface area (Å²) >= 11 is 0. The van der Waals surface area contributed by atoms with E-state index in [2.05, 4.69) is 10.2 Å². The molecule has 5 heteroatoms. The van der Waals surface area contributed by atoms with Gasteiger partial charge in [-0.3, -0.25) is 0 Å². The molecule has 0 unspecified atom stereocenters. The summed E-state index contributed by atoms with van der Waals surface area (Å²) in [7, 11) is 0. The van der Waals surface area contributed by atoms with Crippen molar-refractivity contribution in [2.24, 2.45) is 16.0 Å². The molecule has 0 spiro atoms. The average molecular weight is 255 g/mol. The fourth-order valence-corrected chi connectivity index (χ4v) is 1.56. The van der Waals surface area contributed by atoms with Crippen LogP contribution in [0, 0.1) is 0 Å². The van der Waals surface area contributed by atoms with Crippen LogP contribution in [-0.2, 0) is 6.54 Å². The van der Waals surface area contributed by atoms with Crippen LogP contribution in [0.5, 0.6) is 0 Å². The van der Waals surface area contributed by atoms with Gasteiger partial charge in [0.25, 0.3) is 0 Å². The quantitative estimate of drug-likeness (QED) is 0.822. The minimum atomic E-state index is -0.984. The van der Waals surface area contributed by atoms with E-state index in [1.165, 1.54) is 12.1 Å². The van der Waals surface area contributed by atoms with Crippen molar-refractivity contribution in [3.8, 4) is 0 Å². The molecule has 2 aromatic carbocycles. The van der Waals surface area contributed by atoms with E-state index in [4.69, 9.17) is 10.8 Å². The molecule has 19 heavy (non-hydrogen) atoms. The standard InChI is InChI=1S/C14H13N3O2/c15-9-10-3-1-5-12(7-10)16-17-13-6-2-4-11(8-13)14(18)19/h1-8H,9,15H2,(H,18,19). The van der Waals surface area contributed by atoms with E-state index in [0.717, 1.165) is 5.56 Å². The molecule has 0 aliphatic carbocycles. The third-order valence-corrected chi connectivity index (χ3v) is 2.52. The van der Waals surface area contributed by atoms with Gasteiger partial charge in [-0.25, -0.2) is 4.79 Å². The largest absolute Gasteiger partial charge is 0.478 e. The van der Waals surface area contributed by atoms with Gasteiger partial charge in [-0.15, -0.1) is 0 Å². The lowest BCUT2D eigenvalue weighted by atomic mass is 10.2. The van der Waals surface area contributed by atoms with Crippen LogP contribution in [-0.4, -0.2) is 11.1 Å². The molecule has 5 nitrogen and oxygen atoms in total. The van der Waals surface area contributed by atoms with Gasteiger partial charge in [-0.2, -0.15) is 10.2 Å². The highest BCUT2D eigenvalue weighted by molar-refractivity contribution is 5.88. The van der Waals surface area contributed by atoms with Crippen LogP contribution in [0.3, 0.4) is 0 Å². The van der Waals surface area contributed by atoms with Gasteiger partial charge < -0.3 is 10.8 Å². The van der Waals surface area contributed by atoms with Crippen molar-refractivity contribution < 1.29 is 9.90 Å². The van der Waals surface area contributed by atoms with Gasteiger partial charge in [-0.05, 0) is 35.9 Å². The van der Waals surface area contributed by atoms with Crippen LogP contribution < -0.4 is 5.73 Å². The van der Waals surface area contributed by atoms with Crippen LogP contribution in [0.4, 0.5) is 11.4 Å². The second-order valence-corrected chi connectivity index (χ2v) is 3.93. The molecule has 0 amide bonds. The Morgan fingerprint density at radius 3 is 2.32 bits per heavy atom. The number of carbonyl (C=O) groups is 1. The molecule has 3 N–H and O–H groups in total. The van der Waals surface area contributed by atoms with Gasteiger partial charge in [-0.1, -0.05) is 18.2 Å². The molecule has 0 atom stereocenters. The summed E-state index contributed by atoms with van der Waals surface area (Å²) in [4.78, 5) is 10.8. The first-order valence-electron chi connectivity index (χ1n) is 5.73. The molecule has 0 saturated carbocycles. The Kier molecular flexibility index (Phi) is 4.00. The fraction of sp³-hybridized carbons (Fsp3) is 0.0714. The third kappa shape index (κ3) is 3.46. The minimum absolute atomic E-state index is 0.187. The number of benzene rings is 2. The summed E-state index contributed by atoms with van der Waals surface area (Å²) in [5.74, 6) is -0.984. The monoisotopic (exact) mass is 255 g/mol. The summed E-state index contributed by atoms with van der Waals surface area (Å²) in [6.07, 6.45) is 0. The minimum Gasteiger partial charge on any atom is -0.478 e. The molecule has 0 aliphatic heterocycles. The Hall–Kier alpha value is -2.53. The Morgan fingerprint density at radius 2 is 1.68 bits per heavy atom. The van der Waals surface area contributed by atoms with Gasteiger partial charge in [0.05, 0.1) is 16.9 Å².